The molecule has 0 aliphatic heterocycles. The van der Waals surface area contributed by atoms with Crippen molar-refractivity contribution in [3.05, 3.63) is 60.7 Å². The zero-order chi connectivity index (χ0) is 29.7. The van der Waals surface area contributed by atoms with E-state index >= 15 is 0 Å². The summed E-state index contributed by atoms with van der Waals surface area (Å²) in [6.45, 7) is 9.02. The van der Waals surface area contributed by atoms with Crippen LogP contribution < -0.4 is 14.2 Å². The Morgan fingerprint density at radius 2 is 1.05 bits per heavy atom. The van der Waals surface area contributed by atoms with Gasteiger partial charge in [0.1, 0.15) is 32.8 Å². The highest BCUT2D eigenvalue weighted by Gasteiger charge is 2.31. The Morgan fingerprint density at radius 3 is 1.31 bits per heavy atom. The monoisotopic (exact) mass is 586 g/mol. The van der Waals surface area contributed by atoms with E-state index in [0.717, 1.165) is 36.4 Å². The molecule has 2 rings (SSSR count). The quantitative estimate of drug-likeness (QED) is 0.121. The highest BCUT2D eigenvalue weighted by molar-refractivity contribution is 7.86. The summed E-state index contributed by atoms with van der Waals surface area (Å²) < 4.78 is 85.3. The summed E-state index contributed by atoms with van der Waals surface area (Å²) in [6, 6.07) is 3.97. The number of hydrogen-bond acceptors (Lipinski definition) is 11. The third kappa shape index (κ3) is 8.19. The maximum Gasteiger partial charge on any atom is 0.335 e. The molecule has 0 radical (unpaired) electrons. The predicted molar refractivity (Wildman–Crippen MR) is 135 cm³/mol. The zero-order valence-electron chi connectivity index (χ0n) is 20.7. The molecular weight excluding hydrogens is 560 g/mol. The van der Waals surface area contributed by atoms with Gasteiger partial charge in [-0.2, -0.15) is 16.8 Å². The molecule has 212 valence electrons. The summed E-state index contributed by atoms with van der Waals surface area (Å²) in [7, 11) is -10.4. The van der Waals surface area contributed by atoms with Gasteiger partial charge in [0.2, 0.25) is 0 Å². The minimum absolute atomic E-state index is 0.378. The third-order valence-electron chi connectivity index (χ3n) is 4.85. The van der Waals surface area contributed by atoms with E-state index in [4.69, 9.17) is 14.2 Å². The van der Waals surface area contributed by atoms with E-state index in [1.807, 2.05) is 0 Å². The van der Waals surface area contributed by atoms with Crippen molar-refractivity contribution in [3.63, 3.8) is 0 Å². The molecular formula is C24H26O13S2. The number of esters is 2. The van der Waals surface area contributed by atoms with Crippen molar-refractivity contribution in [2.24, 2.45) is 0 Å². The Morgan fingerprint density at radius 1 is 0.744 bits per heavy atom. The largest absolute Gasteiger partial charge is 0.454 e. The summed E-state index contributed by atoms with van der Waals surface area (Å²) in [5, 5.41) is 19.8. The molecule has 0 fully saturated rings. The molecule has 0 heterocycles. The average Bonchev–Trinajstić information content (AvgIpc) is 2.79. The van der Waals surface area contributed by atoms with Gasteiger partial charge in [-0.1, -0.05) is 13.2 Å². The van der Waals surface area contributed by atoms with Crippen LogP contribution >= 0.6 is 0 Å². The molecule has 0 amide bonds. The molecule has 0 spiro atoms. The summed E-state index contributed by atoms with van der Waals surface area (Å²) >= 11 is 0. The normalized spacial score (nSPS) is 13.2. The molecule has 39 heavy (non-hydrogen) atoms. The number of benzene rings is 2. The topological polar surface area (TPSA) is 211 Å². The van der Waals surface area contributed by atoms with Crippen molar-refractivity contribution in [3.8, 4) is 23.0 Å². The SMILES string of the molecule is C=CC(=O)Oc1ccc(Oc2ccc(OC(=O)C=C)c(CC(C)O)c2S(=O)(=O)O)c(S(=O)(=O)O)c1CC(C)O. The van der Waals surface area contributed by atoms with E-state index in [2.05, 4.69) is 13.2 Å². The number of ether oxygens (including phenoxy) is 3. The van der Waals surface area contributed by atoms with E-state index in [9.17, 15) is 45.7 Å². The lowest BCUT2D eigenvalue weighted by atomic mass is 10.1. The highest BCUT2D eigenvalue weighted by atomic mass is 32.2. The molecule has 0 aromatic heterocycles. The van der Waals surface area contributed by atoms with E-state index < -0.39 is 89.6 Å². The first-order chi connectivity index (χ1) is 18.0. The van der Waals surface area contributed by atoms with Crippen LogP contribution in [-0.4, -0.2) is 60.3 Å². The molecule has 2 aromatic carbocycles. The fourth-order valence-corrected chi connectivity index (χ4v) is 5.21. The summed E-state index contributed by atoms with van der Waals surface area (Å²) in [5.74, 6) is -4.10. The maximum absolute atomic E-state index is 12.4. The number of aliphatic hydroxyl groups is 2. The lowest BCUT2D eigenvalue weighted by Crippen LogP contribution is -2.16. The van der Waals surface area contributed by atoms with Crippen molar-refractivity contribution in [1.82, 2.24) is 0 Å². The number of carbonyl (C=O) groups is 2. The van der Waals surface area contributed by atoms with Crippen molar-refractivity contribution in [1.29, 1.82) is 0 Å². The first-order valence-corrected chi connectivity index (χ1v) is 13.9. The smallest absolute Gasteiger partial charge is 0.335 e. The van der Waals surface area contributed by atoms with Crippen LogP contribution in [0.4, 0.5) is 0 Å². The van der Waals surface area contributed by atoms with Crippen LogP contribution in [0.25, 0.3) is 0 Å². The van der Waals surface area contributed by atoms with Gasteiger partial charge < -0.3 is 24.4 Å². The molecule has 15 heteroatoms. The fraction of sp³-hybridized carbons (Fsp3) is 0.250. The summed E-state index contributed by atoms with van der Waals surface area (Å²) in [4.78, 5) is 21.6. The standard InChI is InChI=1S/C24H26O13S2/c1-5-21(27)36-17-7-9-19(23(38(29,30)31)15(17)11-13(3)25)35-20-10-8-18(37-22(28)6-2)16(12-14(4)26)24(20)39(32,33)34/h5-10,13-14,25-26H,1-2,11-12H2,3-4H3,(H,29,30,31)(H,32,33,34). The number of carbonyl (C=O) groups excluding carboxylic acids is 2. The Bertz CT molecular complexity index is 1390. The third-order valence-corrected chi connectivity index (χ3v) is 6.78. The molecule has 2 unspecified atom stereocenters. The van der Waals surface area contributed by atoms with Gasteiger partial charge in [-0.15, -0.1) is 0 Å². The molecule has 0 saturated heterocycles. The second-order valence-electron chi connectivity index (χ2n) is 8.15. The van der Waals surface area contributed by atoms with E-state index in [1.54, 1.807) is 0 Å². The van der Waals surface area contributed by atoms with E-state index in [0.29, 0.717) is 0 Å². The van der Waals surface area contributed by atoms with E-state index in [1.165, 1.54) is 13.8 Å². The van der Waals surface area contributed by atoms with Crippen molar-refractivity contribution >= 4 is 32.2 Å². The molecule has 0 aliphatic carbocycles. The Labute approximate surface area is 224 Å². The Hall–Kier alpha value is -3.60. The van der Waals surface area contributed by atoms with E-state index in [-0.39, 0.29) is 11.5 Å². The molecule has 0 bridgehead atoms. The lowest BCUT2D eigenvalue weighted by Gasteiger charge is -2.20. The van der Waals surface area contributed by atoms with Crippen LogP contribution in [-0.2, 0) is 42.7 Å². The number of hydrogen-bond donors (Lipinski definition) is 4. The van der Waals surface area contributed by atoms with Crippen LogP contribution in [0.15, 0.2) is 59.4 Å². The molecule has 2 atom stereocenters. The summed E-state index contributed by atoms with van der Waals surface area (Å²) in [6.07, 6.45) is -1.81. The van der Waals surface area contributed by atoms with Crippen molar-refractivity contribution in [2.45, 2.75) is 48.7 Å². The lowest BCUT2D eigenvalue weighted by molar-refractivity contribution is -0.129. The highest BCUT2D eigenvalue weighted by Crippen LogP contribution is 2.42. The van der Waals surface area contributed by atoms with Gasteiger partial charge in [0.05, 0.1) is 12.2 Å². The number of aliphatic hydroxyl groups excluding tert-OH is 2. The van der Waals surface area contributed by atoms with Crippen molar-refractivity contribution < 1.29 is 60.0 Å². The zero-order valence-corrected chi connectivity index (χ0v) is 22.4. The van der Waals surface area contributed by atoms with Crippen LogP contribution in [0.3, 0.4) is 0 Å². The van der Waals surface area contributed by atoms with Gasteiger partial charge in [0.25, 0.3) is 20.2 Å². The van der Waals surface area contributed by atoms with Gasteiger partial charge in [0.15, 0.2) is 0 Å². The maximum atomic E-state index is 12.4. The van der Waals surface area contributed by atoms with Crippen LogP contribution in [0.1, 0.15) is 25.0 Å². The second kappa shape index (κ2) is 12.5. The Kier molecular flexibility index (Phi) is 10.1. The minimum atomic E-state index is -5.19. The molecule has 13 nitrogen and oxygen atoms in total. The number of rotatable bonds is 12. The first-order valence-electron chi connectivity index (χ1n) is 11.0. The van der Waals surface area contributed by atoms with Crippen molar-refractivity contribution in [2.75, 3.05) is 0 Å². The van der Waals surface area contributed by atoms with Gasteiger partial charge in [-0.3, -0.25) is 9.11 Å². The van der Waals surface area contributed by atoms with Crippen LogP contribution in [0.5, 0.6) is 23.0 Å². The van der Waals surface area contributed by atoms with Gasteiger partial charge in [-0.25, -0.2) is 9.59 Å². The van der Waals surface area contributed by atoms with Crippen LogP contribution in [0, 0.1) is 0 Å². The molecule has 4 N–H and O–H groups in total. The van der Waals surface area contributed by atoms with Gasteiger partial charge >= 0.3 is 11.9 Å². The predicted octanol–water partition coefficient (Wildman–Crippen LogP) is 2.00. The van der Waals surface area contributed by atoms with Gasteiger partial charge in [-0.05, 0) is 38.1 Å². The average molecular weight is 587 g/mol. The second-order valence-corrected chi connectivity index (χ2v) is 10.9. The van der Waals surface area contributed by atoms with Gasteiger partial charge in [0, 0.05) is 36.1 Å². The Balaban J connectivity index is 2.91. The fourth-order valence-electron chi connectivity index (χ4n) is 3.49. The molecule has 0 saturated carbocycles. The molecule has 2 aromatic rings. The minimum Gasteiger partial charge on any atom is -0.454 e. The molecule has 0 aliphatic rings. The summed E-state index contributed by atoms with van der Waals surface area (Å²) in [5.41, 5.74) is -0.788. The van der Waals surface area contributed by atoms with Crippen LogP contribution in [0.2, 0.25) is 0 Å². The first kappa shape index (κ1) is 31.6.